The molecule has 0 fully saturated rings. The van der Waals surface area contributed by atoms with Crippen LogP contribution in [0.5, 0.6) is 0 Å². The number of carbonyl (C=O) groups is 2. The highest BCUT2D eigenvalue weighted by atomic mass is 16.5. The van der Waals surface area contributed by atoms with Crippen molar-refractivity contribution in [2.45, 2.75) is 40.2 Å². The van der Waals surface area contributed by atoms with E-state index in [0.29, 0.717) is 19.6 Å². The van der Waals surface area contributed by atoms with Crippen molar-refractivity contribution < 1.29 is 14.3 Å². The fourth-order valence-corrected chi connectivity index (χ4v) is 1.39. The standard InChI is InChI=1S/C12H24N2O3/c1-5-14(9-12(16)17-6-2)8-7-11(15)13-10(3)4/h10H,5-9H2,1-4H3,(H,13,15). The molecule has 0 aromatic rings. The van der Waals surface area contributed by atoms with Gasteiger partial charge < -0.3 is 10.1 Å². The predicted molar refractivity (Wildman–Crippen MR) is 66.6 cm³/mol. The fourth-order valence-electron chi connectivity index (χ4n) is 1.39. The van der Waals surface area contributed by atoms with E-state index in [1.807, 2.05) is 25.7 Å². The maximum atomic E-state index is 11.4. The van der Waals surface area contributed by atoms with Crippen molar-refractivity contribution in [3.63, 3.8) is 0 Å². The maximum Gasteiger partial charge on any atom is 0.320 e. The zero-order chi connectivity index (χ0) is 13.3. The number of carbonyl (C=O) groups excluding carboxylic acids is 2. The summed E-state index contributed by atoms with van der Waals surface area (Å²) in [5, 5.41) is 2.82. The number of nitrogens with zero attached hydrogens (tertiary/aromatic N) is 1. The summed E-state index contributed by atoms with van der Waals surface area (Å²) >= 11 is 0. The second kappa shape index (κ2) is 8.98. The molecule has 0 radical (unpaired) electrons. The van der Waals surface area contributed by atoms with Crippen molar-refractivity contribution in [3.05, 3.63) is 0 Å². The molecule has 0 saturated carbocycles. The third kappa shape index (κ3) is 8.68. The number of esters is 1. The number of nitrogens with one attached hydrogen (secondary N) is 1. The summed E-state index contributed by atoms with van der Waals surface area (Å²) in [5.41, 5.74) is 0. The highest BCUT2D eigenvalue weighted by Gasteiger charge is 2.11. The lowest BCUT2D eigenvalue weighted by Gasteiger charge is -2.19. The molecule has 0 aliphatic heterocycles. The van der Waals surface area contributed by atoms with Gasteiger partial charge in [0.1, 0.15) is 0 Å². The van der Waals surface area contributed by atoms with E-state index >= 15 is 0 Å². The Bertz CT molecular complexity index is 242. The number of rotatable bonds is 8. The Balaban J connectivity index is 3.89. The lowest BCUT2D eigenvalue weighted by molar-refractivity contribution is -0.144. The van der Waals surface area contributed by atoms with Gasteiger partial charge in [0.2, 0.25) is 5.91 Å². The van der Waals surface area contributed by atoms with Gasteiger partial charge in [0.05, 0.1) is 13.2 Å². The molecule has 0 unspecified atom stereocenters. The first kappa shape index (κ1) is 15.9. The van der Waals surface area contributed by atoms with Crippen molar-refractivity contribution in [1.29, 1.82) is 0 Å². The first-order valence-electron chi connectivity index (χ1n) is 6.16. The number of likely N-dealkylation sites (N-methyl/N-ethyl adjacent to an activating group) is 1. The summed E-state index contributed by atoms with van der Waals surface area (Å²) in [7, 11) is 0. The summed E-state index contributed by atoms with van der Waals surface area (Å²) < 4.78 is 4.86. The molecule has 0 atom stereocenters. The second-order valence-corrected chi connectivity index (χ2v) is 4.15. The second-order valence-electron chi connectivity index (χ2n) is 4.15. The average Bonchev–Trinajstić information content (AvgIpc) is 2.23. The minimum Gasteiger partial charge on any atom is -0.465 e. The van der Waals surface area contributed by atoms with Gasteiger partial charge in [-0.05, 0) is 27.3 Å². The van der Waals surface area contributed by atoms with E-state index in [0.717, 1.165) is 6.54 Å². The summed E-state index contributed by atoms with van der Waals surface area (Å²) in [6.07, 6.45) is 0.408. The topological polar surface area (TPSA) is 58.6 Å². The molecular formula is C12H24N2O3. The van der Waals surface area contributed by atoms with Gasteiger partial charge in [-0.2, -0.15) is 0 Å². The van der Waals surface area contributed by atoms with E-state index in [9.17, 15) is 9.59 Å². The van der Waals surface area contributed by atoms with E-state index in [4.69, 9.17) is 4.74 Å². The smallest absolute Gasteiger partial charge is 0.320 e. The van der Waals surface area contributed by atoms with Crippen LogP contribution in [0.4, 0.5) is 0 Å². The van der Waals surface area contributed by atoms with E-state index < -0.39 is 0 Å². The van der Waals surface area contributed by atoms with Gasteiger partial charge in [0.15, 0.2) is 0 Å². The number of hydrogen-bond acceptors (Lipinski definition) is 4. The molecule has 0 rings (SSSR count). The van der Waals surface area contributed by atoms with Crippen molar-refractivity contribution in [2.75, 3.05) is 26.2 Å². The molecule has 0 aromatic heterocycles. The molecule has 5 heteroatoms. The van der Waals surface area contributed by atoms with Crippen LogP contribution in [0, 0.1) is 0 Å². The van der Waals surface area contributed by atoms with Gasteiger partial charge in [0.25, 0.3) is 0 Å². The van der Waals surface area contributed by atoms with Crippen molar-refractivity contribution >= 4 is 11.9 Å². The van der Waals surface area contributed by atoms with Crippen LogP contribution in [0.25, 0.3) is 0 Å². The average molecular weight is 244 g/mol. The van der Waals surface area contributed by atoms with Crippen LogP contribution < -0.4 is 5.32 Å². The van der Waals surface area contributed by atoms with Crippen LogP contribution in [0.3, 0.4) is 0 Å². The van der Waals surface area contributed by atoms with Crippen LogP contribution in [-0.4, -0.2) is 49.1 Å². The number of amides is 1. The van der Waals surface area contributed by atoms with Gasteiger partial charge in [0, 0.05) is 19.0 Å². The highest BCUT2D eigenvalue weighted by molar-refractivity contribution is 5.76. The molecule has 5 nitrogen and oxygen atoms in total. The summed E-state index contributed by atoms with van der Waals surface area (Å²) in [5.74, 6) is -0.221. The first-order valence-corrected chi connectivity index (χ1v) is 6.16. The summed E-state index contributed by atoms with van der Waals surface area (Å²) in [4.78, 5) is 24.6. The zero-order valence-electron chi connectivity index (χ0n) is 11.3. The minimum absolute atomic E-state index is 0.0160. The van der Waals surface area contributed by atoms with Crippen molar-refractivity contribution in [3.8, 4) is 0 Å². The predicted octanol–water partition coefficient (Wildman–Crippen LogP) is 0.786. The highest BCUT2D eigenvalue weighted by Crippen LogP contribution is 1.94. The maximum absolute atomic E-state index is 11.4. The molecular weight excluding hydrogens is 220 g/mol. The van der Waals surface area contributed by atoms with Crippen LogP contribution in [0.15, 0.2) is 0 Å². The van der Waals surface area contributed by atoms with E-state index in [1.165, 1.54) is 0 Å². The normalized spacial score (nSPS) is 10.7. The van der Waals surface area contributed by atoms with Gasteiger partial charge in [-0.15, -0.1) is 0 Å². The van der Waals surface area contributed by atoms with Gasteiger partial charge in [-0.25, -0.2) is 0 Å². The molecule has 17 heavy (non-hydrogen) atoms. The Hall–Kier alpha value is -1.10. The largest absolute Gasteiger partial charge is 0.465 e. The molecule has 1 amide bonds. The third-order valence-electron chi connectivity index (χ3n) is 2.21. The summed E-state index contributed by atoms with van der Waals surface area (Å²) in [6.45, 7) is 9.54. The van der Waals surface area contributed by atoms with Crippen LogP contribution in [0.1, 0.15) is 34.1 Å². The van der Waals surface area contributed by atoms with E-state index in [1.54, 1.807) is 6.92 Å². The molecule has 0 saturated heterocycles. The molecule has 0 spiro atoms. The SMILES string of the molecule is CCOC(=O)CN(CC)CCC(=O)NC(C)C. The molecule has 0 aromatic carbocycles. The van der Waals surface area contributed by atoms with Crippen molar-refractivity contribution in [2.24, 2.45) is 0 Å². The molecule has 100 valence electrons. The van der Waals surface area contributed by atoms with Gasteiger partial charge >= 0.3 is 5.97 Å². The first-order chi connectivity index (χ1) is 7.99. The summed E-state index contributed by atoms with van der Waals surface area (Å²) in [6, 6.07) is 0.155. The lowest BCUT2D eigenvalue weighted by Crippen LogP contribution is -2.36. The van der Waals surface area contributed by atoms with Gasteiger partial charge in [-0.3, -0.25) is 14.5 Å². The third-order valence-corrected chi connectivity index (χ3v) is 2.21. The fraction of sp³-hybridized carbons (Fsp3) is 0.833. The molecule has 0 aliphatic carbocycles. The Morgan fingerprint density at radius 2 is 1.94 bits per heavy atom. The van der Waals surface area contributed by atoms with Crippen LogP contribution in [-0.2, 0) is 14.3 Å². The molecule has 0 heterocycles. The van der Waals surface area contributed by atoms with Crippen LogP contribution in [0.2, 0.25) is 0 Å². The van der Waals surface area contributed by atoms with Gasteiger partial charge in [-0.1, -0.05) is 6.92 Å². The monoisotopic (exact) mass is 244 g/mol. The Labute approximate surface area is 103 Å². The minimum atomic E-state index is -0.237. The molecule has 0 bridgehead atoms. The Morgan fingerprint density at radius 3 is 2.41 bits per heavy atom. The lowest BCUT2D eigenvalue weighted by atomic mass is 10.3. The van der Waals surface area contributed by atoms with E-state index in [-0.39, 0.29) is 24.5 Å². The molecule has 1 N–H and O–H groups in total. The molecule has 0 aliphatic rings. The Morgan fingerprint density at radius 1 is 1.29 bits per heavy atom. The van der Waals surface area contributed by atoms with Crippen molar-refractivity contribution in [1.82, 2.24) is 10.2 Å². The number of ether oxygens (including phenoxy) is 1. The zero-order valence-corrected chi connectivity index (χ0v) is 11.3. The Kier molecular flexibility index (Phi) is 8.40. The number of hydrogen-bond donors (Lipinski definition) is 1. The van der Waals surface area contributed by atoms with Crippen LogP contribution >= 0.6 is 0 Å². The quantitative estimate of drug-likeness (QED) is 0.641. The van der Waals surface area contributed by atoms with E-state index in [2.05, 4.69) is 5.32 Å².